The summed E-state index contributed by atoms with van der Waals surface area (Å²) >= 11 is 0. The van der Waals surface area contributed by atoms with Crippen LogP contribution in [0, 0.1) is 10.1 Å². The number of non-ortho nitro benzene ring substituents is 1. The summed E-state index contributed by atoms with van der Waals surface area (Å²) in [4.78, 5) is 33.0. The minimum Gasteiger partial charge on any atom is -0.467 e. The second-order valence-electron chi connectivity index (χ2n) is 4.16. The number of nitro groups is 1. The van der Waals surface area contributed by atoms with Gasteiger partial charge in [0.25, 0.3) is 5.69 Å². The fourth-order valence-electron chi connectivity index (χ4n) is 1.70. The summed E-state index contributed by atoms with van der Waals surface area (Å²) in [5, 5.41) is 22.9. The van der Waals surface area contributed by atoms with Crippen LogP contribution in [0.25, 0.3) is 0 Å². The van der Waals surface area contributed by atoms with Crippen molar-refractivity contribution in [3.63, 3.8) is 0 Å². The van der Waals surface area contributed by atoms with E-state index in [1.807, 2.05) is 0 Å². The molecule has 0 aromatic heterocycles. The van der Waals surface area contributed by atoms with Crippen LogP contribution in [0.2, 0.25) is 0 Å². The standard InChI is InChI=1S/C13H16N2O7/c1-3-22-13(18)14-10(11(16)12(17)21-2)8-4-6-9(7-5-8)15(19)20/h4-7,10-11,16H,3H2,1-2H3,(H,14,18)/t10-,11-/m0/s1. The molecule has 2 atom stereocenters. The molecule has 1 amide bonds. The van der Waals surface area contributed by atoms with Gasteiger partial charge in [0.2, 0.25) is 0 Å². The Morgan fingerprint density at radius 1 is 1.36 bits per heavy atom. The largest absolute Gasteiger partial charge is 0.467 e. The zero-order chi connectivity index (χ0) is 16.7. The van der Waals surface area contributed by atoms with Crippen molar-refractivity contribution in [3.05, 3.63) is 39.9 Å². The van der Waals surface area contributed by atoms with E-state index in [0.29, 0.717) is 0 Å². The molecule has 0 aliphatic heterocycles. The lowest BCUT2D eigenvalue weighted by Crippen LogP contribution is -2.41. The molecular weight excluding hydrogens is 296 g/mol. The molecule has 22 heavy (non-hydrogen) atoms. The number of esters is 1. The number of hydrogen-bond acceptors (Lipinski definition) is 7. The van der Waals surface area contributed by atoms with Gasteiger partial charge in [0.1, 0.15) is 0 Å². The van der Waals surface area contributed by atoms with Crippen molar-refractivity contribution in [2.24, 2.45) is 0 Å². The molecule has 0 saturated carbocycles. The van der Waals surface area contributed by atoms with Gasteiger partial charge in [-0.2, -0.15) is 0 Å². The van der Waals surface area contributed by atoms with Gasteiger partial charge >= 0.3 is 12.1 Å². The zero-order valence-electron chi connectivity index (χ0n) is 12.0. The van der Waals surface area contributed by atoms with Crippen molar-refractivity contribution >= 4 is 17.7 Å². The molecule has 0 fully saturated rings. The third kappa shape index (κ3) is 4.42. The molecule has 0 aliphatic rings. The highest BCUT2D eigenvalue weighted by atomic mass is 16.6. The summed E-state index contributed by atoms with van der Waals surface area (Å²) in [5.41, 5.74) is 0.128. The van der Waals surface area contributed by atoms with E-state index in [0.717, 1.165) is 7.11 Å². The fraction of sp³-hybridized carbons (Fsp3) is 0.385. The van der Waals surface area contributed by atoms with Crippen molar-refractivity contribution < 1.29 is 29.1 Å². The Kier molecular flexibility index (Phi) is 6.26. The average Bonchev–Trinajstić information content (AvgIpc) is 2.51. The van der Waals surface area contributed by atoms with Crippen LogP contribution in [0.5, 0.6) is 0 Å². The SMILES string of the molecule is CCOC(=O)N[C@@H](c1ccc([N+](=O)[O-])cc1)[C@H](O)C(=O)OC. The first-order valence-electron chi connectivity index (χ1n) is 6.34. The third-order valence-corrected chi connectivity index (χ3v) is 2.77. The Labute approximate surface area is 126 Å². The number of nitrogens with one attached hydrogen (secondary N) is 1. The van der Waals surface area contributed by atoms with Crippen molar-refractivity contribution in [1.29, 1.82) is 0 Å². The van der Waals surface area contributed by atoms with Crippen LogP contribution < -0.4 is 5.32 Å². The highest BCUT2D eigenvalue weighted by Crippen LogP contribution is 2.21. The number of amides is 1. The molecule has 0 unspecified atom stereocenters. The minimum atomic E-state index is -1.68. The number of ether oxygens (including phenoxy) is 2. The molecule has 1 aromatic rings. The lowest BCUT2D eigenvalue weighted by molar-refractivity contribution is -0.384. The maximum atomic E-state index is 11.5. The van der Waals surface area contributed by atoms with Gasteiger partial charge in [-0.15, -0.1) is 0 Å². The highest BCUT2D eigenvalue weighted by molar-refractivity contribution is 5.77. The molecule has 9 heteroatoms. The molecule has 1 rings (SSSR count). The number of carbonyl (C=O) groups excluding carboxylic acids is 2. The molecule has 0 spiro atoms. The zero-order valence-corrected chi connectivity index (χ0v) is 12.0. The molecular formula is C13H16N2O7. The van der Waals surface area contributed by atoms with Gasteiger partial charge in [-0.3, -0.25) is 10.1 Å². The molecule has 0 aliphatic carbocycles. The summed E-state index contributed by atoms with van der Waals surface area (Å²) in [6.45, 7) is 1.70. The Morgan fingerprint density at radius 2 is 1.95 bits per heavy atom. The number of alkyl carbamates (subject to hydrolysis) is 1. The molecule has 0 bridgehead atoms. The number of nitro benzene ring substituents is 1. The Balaban J connectivity index is 3.04. The molecule has 120 valence electrons. The number of rotatable bonds is 6. The number of methoxy groups -OCH3 is 1. The van der Waals surface area contributed by atoms with Crippen molar-refractivity contribution in [1.82, 2.24) is 5.32 Å². The molecule has 9 nitrogen and oxygen atoms in total. The summed E-state index contributed by atoms with van der Waals surface area (Å²) in [5.74, 6) is -0.958. The van der Waals surface area contributed by atoms with Crippen LogP contribution in [-0.2, 0) is 14.3 Å². The quantitative estimate of drug-likeness (QED) is 0.454. The van der Waals surface area contributed by atoms with E-state index in [-0.39, 0.29) is 17.9 Å². The van der Waals surface area contributed by atoms with E-state index in [9.17, 15) is 24.8 Å². The van der Waals surface area contributed by atoms with Gasteiger partial charge in [-0.1, -0.05) is 12.1 Å². The van der Waals surface area contributed by atoms with Crippen LogP contribution in [0.1, 0.15) is 18.5 Å². The Bertz CT molecular complexity index is 544. The van der Waals surface area contributed by atoms with Gasteiger partial charge in [-0.05, 0) is 12.5 Å². The van der Waals surface area contributed by atoms with Gasteiger partial charge < -0.3 is 19.9 Å². The van der Waals surface area contributed by atoms with Crippen LogP contribution in [0.4, 0.5) is 10.5 Å². The monoisotopic (exact) mass is 312 g/mol. The third-order valence-electron chi connectivity index (χ3n) is 2.77. The summed E-state index contributed by atoms with van der Waals surface area (Å²) in [7, 11) is 1.09. The Hall–Kier alpha value is -2.68. The predicted molar refractivity (Wildman–Crippen MR) is 74.0 cm³/mol. The topological polar surface area (TPSA) is 128 Å². The summed E-state index contributed by atoms with van der Waals surface area (Å²) < 4.78 is 9.13. The van der Waals surface area contributed by atoms with Crippen molar-refractivity contribution in [2.75, 3.05) is 13.7 Å². The number of carbonyl (C=O) groups is 2. The second-order valence-corrected chi connectivity index (χ2v) is 4.16. The van der Waals surface area contributed by atoms with E-state index in [4.69, 9.17) is 4.74 Å². The number of benzene rings is 1. The summed E-state index contributed by atoms with van der Waals surface area (Å²) in [6.07, 6.45) is -2.52. The van der Waals surface area contributed by atoms with Gasteiger partial charge in [-0.25, -0.2) is 9.59 Å². The molecule has 0 radical (unpaired) electrons. The van der Waals surface area contributed by atoms with Gasteiger partial charge in [0, 0.05) is 12.1 Å². The van der Waals surface area contributed by atoms with E-state index in [1.54, 1.807) is 6.92 Å². The van der Waals surface area contributed by atoms with Crippen LogP contribution in [0.3, 0.4) is 0 Å². The van der Waals surface area contributed by atoms with Crippen LogP contribution in [0.15, 0.2) is 24.3 Å². The first-order chi connectivity index (χ1) is 10.4. The second kappa shape index (κ2) is 7.93. The smallest absolute Gasteiger partial charge is 0.407 e. The maximum absolute atomic E-state index is 11.5. The van der Waals surface area contributed by atoms with E-state index >= 15 is 0 Å². The van der Waals surface area contributed by atoms with E-state index in [1.165, 1.54) is 24.3 Å². The molecule has 0 heterocycles. The van der Waals surface area contributed by atoms with Gasteiger partial charge in [0.15, 0.2) is 6.10 Å². The number of hydrogen-bond donors (Lipinski definition) is 2. The Morgan fingerprint density at radius 3 is 2.41 bits per heavy atom. The first kappa shape index (κ1) is 17.4. The molecule has 2 N–H and O–H groups in total. The first-order valence-corrected chi connectivity index (χ1v) is 6.34. The van der Waals surface area contributed by atoms with Crippen LogP contribution in [-0.4, -0.2) is 41.9 Å². The summed E-state index contributed by atoms with van der Waals surface area (Å²) in [6, 6.07) is 3.87. The molecule has 0 saturated heterocycles. The predicted octanol–water partition coefficient (Wildman–Crippen LogP) is 0.916. The van der Waals surface area contributed by atoms with E-state index in [2.05, 4.69) is 10.1 Å². The van der Waals surface area contributed by atoms with Crippen LogP contribution >= 0.6 is 0 Å². The maximum Gasteiger partial charge on any atom is 0.407 e. The minimum absolute atomic E-state index is 0.104. The fourth-order valence-corrected chi connectivity index (χ4v) is 1.70. The highest BCUT2D eigenvalue weighted by Gasteiger charge is 2.30. The number of aliphatic hydroxyl groups excluding tert-OH is 1. The van der Waals surface area contributed by atoms with Crippen molar-refractivity contribution in [2.45, 2.75) is 19.1 Å². The van der Waals surface area contributed by atoms with Crippen molar-refractivity contribution in [3.8, 4) is 0 Å². The van der Waals surface area contributed by atoms with E-state index < -0.39 is 29.1 Å². The molecule has 1 aromatic carbocycles. The lowest BCUT2D eigenvalue weighted by Gasteiger charge is -2.22. The number of aliphatic hydroxyl groups is 1. The normalized spacial score (nSPS) is 12.9. The number of nitrogens with zero attached hydrogens (tertiary/aromatic N) is 1. The average molecular weight is 312 g/mol. The lowest BCUT2D eigenvalue weighted by atomic mass is 10.0. The van der Waals surface area contributed by atoms with Gasteiger partial charge in [0.05, 0.1) is 24.7 Å².